The quantitative estimate of drug-likeness (QED) is 0.489. The minimum absolute atomic E-state index is 0.00499. The highest BCUT2D eigenvalue weighted by Crippen LogP contribution is 2.25. The van der Waals surface area contributed by atoms with Crippen LogP contribution in [-0.4, -0.2) is 16.9 Å². The summed E-state index contributed by atoms with van der Waals surface area (Å²) in [5.41, 5.74) is 19.1. The molecule has 7 nitrogen and oxygen atoms in total. The molecule has 0 bridgehead atoms. The second-order valence-corrected chi connectivity index (χ2v) is 4.54. The number of benzene rings is 2. The van der Waals surface area contributed by atoms with E-state index in [1.54, 1.807) is 12.1 Å². The summed E-state index contributed by atoms with van der Waals surface area (Å²) >= 11 is 0. The average Bonchev–Trinajstić information content (AvgIpc) is 2.91. The van der Waals surface area contributed by atoms with E-state index < -0.39 is 0 Å². The molecule has 7 heteroatoms. The minimum atomic E-state index is -0.135. The molecule has 0 aliphatic rings. The van der Waals surface area contributed by atoms with Gasteiger partial charge in [-0.2, -0.15) is 4.99 Å². The van der Waals surface area contributed by atoms with Gasteiger partial charge in [-0.25, -0.2) is 9.98 Å². The highest BCUT2D eigenvalue weighted by molar-refractivity contribution is 5.93. The van der Waals surface area contributed by atoms with Crippen LogP contribution in [0.2, 0.25) is 0 Å². The molecule has 0 aliphatic carbocycles. The van der Waals surface area contributed by atoms with Crippen LogP contribution < -0.4 is 17.2 Å². The Morgan fingerprint density at radius 3 is 2.36 bits per heavy atom. The van der Waals surface area contributed by atoms with Crippen molar-refractivity contribution >= 4 is 28.7 Å². The van der Waals surface area contributed by atoms with Gasteiger partial charge in [-0.1, -0.05) is 12.1 Å². The first-order valence-corrected chi connectivity index (χ1v) is 6.51. The maximum absolute atomic E-state index is 5.70. The van der Waals surface area contributed by atoms with Gasteiger partial charge in [0.25, 0.3) is 0 Å². The second-order valence-electron chi connectivity index (χ2n) is 4.54. The topological polar surface area (TPSA) is 129 Å². The van der Waals surface area contributed by atoms with Gasteiger partial charge in [0, 0.05) is 5.56 Å². The molecule has 0 aliphatic heterocycles. The Bertz CT molecular complexity index is 826. The molecule has 0 amide bonds. The van der Waals surface area contributed by atoms with Crippen molar-refractivity contribution < 1.29 is 4.42 Å². The molecule has 2 aromatic carbocycles. The number of nitrogens with two attached hydrogens (primary N) is 3. The Labute approximate surface area is 126 Å². The first-order valence-electron chi connectivity index (χ1n) is 6.51. The zero-order valence-corrected chi connectivity index (χ0v) is 11.6. The third kappa shape index (κ3) is 2.88. The zero-order chi connectivity index (χ0) is 15.5. The number of nitrogens with zero attached hydrogens (tertiary/aromatic N) is 3. The Kier molecular flexibility index (Phi) is 3.45. The largest absolute Gasteiger partial charge is 0.436 e. The summed E-state index contributed by atoms with van der Waals surface area (Å²) in [5, 5.41) is 0. The molecule has 0 spiro atoms. The van der Waals surface area contributed by atoms with Crippen molar-refractivity contribution in [1.29, 1.82) is 0 Å². The van der Waals surface area contributed by atoms with Crippen molar-refractivity contribution in [2.75, 3.05) is 0 Å². The van der Waals surface area contributed by atoms with Crippen LogP contribution in [0, 0.1) is 0 Å². The van der Waals surface area contributed by atoms with Crippen molar-refractivity contribution in [2.24, 2.45) is 27.2 Å². The maximum atomic E-state index is 5.70. The Morgan fingerprint density at radius 2 is 1.68 bits per heavy atom. The summed E-state index contributed by atoms with van der Waals surface area (Å²) in [6.45, 7) is 0. The van der Waals surface area contributed by atoms with Crippen LogP contribution in [0.3, 0.4) is 0 Å². The third-order valence-electron chi connectivity index (χ3n) is 2.90. The SMILES string of the molecule is NC(N)=NC(N)=Nc1ccc(-c2nc3ccccc3o2)cc1. The fourth-order valence-corrected chi connectivity index (χ4v) is 1.96. The molecule has 0 saturated heterocycles. The molecule has 3 rings (SSSR count). The van der Waals surface area contributed by atoms with E-state index in [9.17, 15) is 0 Å². The Hall–Kier alpha value is -3.35. The van der Waals surface area contributed by atoms with Crippen molar-refractivity contribution in [3.63, 3.8) is 0 Å². The van der Waals surface area contributed by atoms with Crippen molar-refractivity contribution in [2.45, 2.75) is 0 Å². The van der Waals surface area contributed by atoms with E-state index in [0.29, 0.717) is 11.6 Å². The molecule has 6 N–H and O–H groups in total. The van der Waals surface area contributed by atoms with E-state index >= 15 is 0 Å². The van der Waals surface area contributed by atoms with Crippen LogP contribution >= 0.6 is 0 Å². The standard InChI is InChI=1S/C15H14N6O/c16-14(17)21-15(18)19-10-7-5-9(6-8-10)13-20-11-3-1-2-4-12(11)22-13/h1-8H,(H6,16,17,18,19,21). The summed E-state index contributed by atoms with van der Waals surface area (Å²) in [5.74, 6) is 0.410. The van der Waals surface area contributed by atoms with Crippen molar-refractivity contribution in [3.05, 3.63) is 48.5 Å². The fraction of sp³-hybridized carbons (Fsp3) is 0. The molecule has 0 fully saturated rings. The number of hydrogen-bond donors (Lipinski definition) is 3. The zero-order valence-electron chi connectivity index (χ0n) is 11.6. The number of guanidine groups is 2. The van der Waals surface area contributed by atoms with Crippen LogP contribution in [0.25, 0.3) is 22.6 Å². The Balaban J connectivity index is 1.89. The van der Waals surface area contributed by atoms with E-state index in [4.69, 9.17) is 21.6 Å². The summed E-state index contributed by atoms with van der Waals surface area (Å²) in [4.78, 5) is 12.2. The van der Waals surface area contributed by atoms with Gasteiger partial charge in [0.2, 0.25) is 11.9 Å². The highest BCUT2D eigenvalue weighted by atomic mass is 16.3. The van der Waals surface area contributed by atoms with Gasteiger partial charge in [0.15, 0.2) is 11.5 Å². The van der Waals surface area contributed by atoms with Gasteiger partial charge < -0.3 is 21.6 Å². The summed E-state index contributed by atoms with van der Waals surface area (Å²) in [6, 6.07) is 14.8. The molecule has 1 heterocycles. The molecular formula is C15H14N6O. The summed E-state index contributed by atoms with van der Waals surface area (Å²) in [7, 11) is 0. The number of rotatable bonds is 2. The van der Waals surface area contributed by atoms with E-state index in [0.717, 1.165) is 16.7 Å². The lowest BCUT2D eigenvalue weighted by Gasteiger charge is -1.98. The highest BCUT2D eigenvalue weighted by Gasteiger charge is 2.07. The average molecular weight is 294 g/mol. The molecule has 0 saturated carbocycles. The van der Waals surface area contributed by atoms with Crippen LogP contribution in [0.4, 0.5) is 5.69 Å². The molecule has 0 atom stereocenters. The van der Waals surface area contributed by atoms with Crippen molar-refractivity contribution in [1.82, 2.24) is 4.98 Å². The van der Waals surface area contributed by atoms with Gasteiger partial charge in [-0.05, 0) is 36.4 Å². The molecule has 22 heavy (non-hydrogen) atoms. The van der Waals surface area contributed by atoms with E-state index in [1.807, 2.05) is 36.4 Å². The summed E-state index contributed by atoms with van der Waals surface area (Å²) in [6.07, 6.45) is 0. The molecule has 110 valence electrons. The number of para-hydroxylation sites is 2. The minimum Gasteiger partial charge on any atom is -0.436 e. The van der Waals surface area contributed by atoms with Crippen LogP contribution in [0.15, 0.2) is 62.9 Å². The van der Waals surface area contributed by atoms with Crippen LogP contribution in [0.5, 0.6) is 0 Å². The van der Waals surface area contributed by atoms with Gasteiger partial charge in [0.05, 0.1) is 5.69 Å². The Morgan fingerprint density at radius 1 is 0.955 bits per heavy atom. The molecule has 3 aromatic rings. The molecule has 1 aromatic heterocycles. The van der Waals surface area contributed by atoms with Gasteiger partial charge >= 0.3 is 0 Å². The van der Waals surface area contributed by atoms with Gasteiger partial charge in [-0.3, -0.25) is 0 Å². The second kappa shape index (κ2) is 5.57. The van der Waals surface area contributed by atoms with Crippen LogP contribution in [0.1, 0.15) is 0 Å². The van der Waals surface area contributed by atoms with Crippen molar-refractivity contribution in [3.8, 4) is 11.5 Å². The molecule has 0 radical (unpaired) electrons. The molecular weight excluding hydrogens is 280 g/mol. The van der Waals surface area contributed by atoms with Crippen LogP contribution in [-0.2, 0) is 0 Å². The lowest BCUT2D eigenvalue weighted by atomic mass is 10.2. The first-order chi connectivity index (χ1) is 10.6. The summed E-state index contributed by atoms with van der Waals surface area (Å²) < 4.78 is 5.70. The lowest BCUT2D eigenvalue weighted by Crippen LogP contribution is -2.26. The number of fused-ring (bicyclic) bond motifs is 1. The third-order valence-corrected chi connectivity index (χ3v) is 2.90. The maximum Gasteiger partial charge on any atom is 0.227 e. The van der Waals surface area contributed by atoms with Gasteiger partial charge in [-0.15, -0.1) is 0 Å². The number of aliphatic imine (C=N–C) groups is 2. The van der Waals surface area contributed by atoms with Gasteiger partial charge in [0.1, 0.15) is 5.52 Å². The number of aromatic nitrogens is 1. The fourth-order valence-electron chi connectivity index (χ4n) is 1.96. The monoisotopic (exact) mass is 294 g/mol. The lowest BCUT2D eigenvalue weighted by molar-refractivity contribution is 0.620. The van der Waals surface area contributed by atoms with E-state index in [-0.39, 0.29) is 11.9 Å². The predicted octanol–water partition coefficient (Wildman–Crippen LogP) is 1.71. The predicted molar refractivity (Wildman–Crippen MR) is 86.5 cm³/mol. The normalized spacial score (nSPS) is 11.5. The van der Waals surface area contributed by atoms with E-state index in [2.05, 4.69) is 15.0 Å². The smallest absolute Gasteiger partial charge is 0.227 e. The number of hydrogen-bond acceptors (Lipinski definition) is 3. The number of oxazole rings is 1. The first kappa shape index (κ1) is 13.6. The molecule has 0 unspecified atom stereocenters. The van der Waals surface area contributed by atoms with E-state index in [1.165, 1.54) is 0 Å².